The summed E-state index contributed by atoms with van der Waals surface area (Å²) in [5.41, 5.74) is 7.51. The van der Waals surface area contributed by atoms with Crippen LogP contribution >= 0.6 is 0 Å². The Morgan fingerprint density at radius 1 is 1.28 bits per heavy atom. The molecular formula is C13H12N4O. The summed E-state index contributed by atoms with van der Waals surface area (Å²) in [7, 11) is 0. The zero-order valence-electron chi connectivity index (χ0n) is 9.92. The number of nitrogens with two attached hydrogens (primary N) is 1. The van der Waals surface area contributed by atoms with Gasteiger partial charge in [0, 0.05) is 12.2 Å². The number of hydrogen-bond donors (Lipinski definition) is 1. The van der Waals surface area contributed by atoms with Crippen molar-refractivity contribution in [1.29, 1.82) is 5.26 Å². The van der Waals surface area contributed by atoms with E-state index in [1.165, 1.54) is 0 Å². The highest BCUT2D eigenvalue weighted by atomic mass is 16.5. The summed E-state index contributed by atoms with van der Waals surface area (Å²) < 4.78 is 5.49. The Morgan fingerprint density at radius 2 is 2.00 bits per heavy atom. The summed E-state index contributed by atoms with van der Waals surface area (Å²) in [5, 5.41) is 8.81. The molecule has 0 radical (unpaired) electrons. The number of hydrogen-bond acceptors (Lipinski definition) is 5. The van der Waals surface area contributed by atoms with Crippen molar-refractivity contribution < 1.29 is 4.74 Å². The first-order valence-corrected chi connectivity index (χ1v) is 5.44. The van der Waals surface area contributed by atoms with Crippen LogP contribution in [0.3, 0.4) is 0 Å². The van der Waals surface area contributed by atoms with Crippen LogP contribution in [0.4, 0.5) is 0 Å². The van der Waals surface area contributed by atoms with E-state index in [2.05, 4.69) is 9.97 Å². The summed E-state index contributed by atoms with van der Waals surface area (Å²) in [5.74, 6) is 0.613. The van der Waals surface area contributed by atoms with Crippen molar-refractivity contribution >= 4 is 0 Å². The third-order valence-electron chi connectivity index (χ3n) is 2.32. The molecule has 18 heavy (non-hydrogen) atoms. The second-order valence-electron chi connectivity index (χ2n) is 3.74. The summed E-state index contributed by atoms with van der Waals surface area (Å²) in [6.45, 7) is 2.27. The number of ether oxygens (including phenoxy) is 1. The Kier molecular flexibility index (Phi) is 3.51. The highest BCUT2D eigenvalue weighted by molar-refractivity contribution is 5.30. The molecule has 2 N–H and O–H groups in total. The minimum Gasteiger partial charge on any atom is -0.424 e. The summed E-state index contributed by atoms with van der Waals surface area (Å²) in [6.07, 6.45) is 0. The lowest BCUT2D eigenvalue weighted by Crippen LogP contribution is -1.98. The van der Waals surface area contributed by atoms with Crippen molar-refractivity contribution in [3.63, 3.8) is 0 Å². The van der Waals surface area contributed by atoms with E-state index in [1.807, 2.05) is 18.2 Å². The monoisotopic (exact) mass is 240 g/mol. The molecule has 0 unspecified atom stereocenters. The minimum atomic E-state index is 0.173. The van der Waals surface area contributed by atoms with Crippen molar-refractivity contribution in [2.45, 2.75) is 13.5 Å². The van der Waals surface area contributed by atoms with E-state index in [-0.39, 0.29) is 11.7 Å². The van der Waals surface area contributed by atoms with Crippen LogP contribution in [-0.2, 0) is 6.54 Å². The second kappa shape index (κ2) is 5.25. The summed E-state index contributed by atoms with van der Waals surface area (Å²) in [6, 6.07) is 11.1. The quantitative estimate of drug-likeness (QED) is 0.885. The zero-order chi connectivity index (χ0) is 13.0. The zero-order valence-corrected chi connectivity index (χ0v) is 9.92. The number of nitrogens with zero attached hydrogens (tertiary/aromatic N) is 3. The van der Waals surface area contributed by atoms with Crippen molar-refractivity contribution in [2.24, 2.45) is 5.73 Å². The van der Waals surface area contributed by atoms with Gasteiger partial charge in [0.15, 0.2) is 0 Å². The normalized spacial score (nSPS) is 9.83. The third kappa shape index (κ3) is 2.81. The smallest absolute Gasteiger partial charge is 0.323 e. The largest absolute Gasteiger partial charge is 0.424 e. The highest BCUT2D eigenvalue weighted by Gasteiger charge is 2.04. The van der Waals surface area contributed by atoms with Gasteiger partial charge in [0.25, 0.3) is 0 Å². The van der Waals surface area contributed by atoms with Crippen LogP contribution in [0.2, 0.25) is 0 Å². The Bertz CT molecular complexity index is 587. The maximum absolute atomic E-state index is 8.81. The lowest BCUT2D eigenvalue weighted by molar-refractivity contribution is 0.439. The predicted molar refractivity (Wildman–Crippen MR) is 65.9 cm³/mol. The molecule has 1 aromatic heterocycles. The van der Waals surface area contributed by atoms with Crippen LogP contribution in [0.25, 0.3) is 0 Å². The van der Waals surface area contributed by atoms with Gasteiger partial charge in [-0.3, -0.25) is 0 Å². The molecule has 1 aromatic carbocycles. The van der Waals surface area contributed by atoms with E-state index < -0.39 is 0 Å². The van der Waals surface area contributed by atoms with E-state index in [9.17, 15) is 0 Å². The van der Waals surface area contributed by atoms with Gasteiger partial charge in [0.2, 0.25) is 0 Å². The molecule has 0 spiro atoms. The Morgan fingerprint density at radius 3 is 2.61 bits per heavy atom. The van der Waals surface area contributed by atoms with E-state index in [0.29, 0.717) is 18.0 Å². The number of benzene rings is 1. The molecule has 0 aliphatic heterocycles. The molecule has 0 aliphatic carbocycles. The van der Waals surface area contributed by atoms with Gasteiger partial charge in [-0.05, 0) is 30.7 Å². The van der Waals surface area contributed by atoms with E-state index in [4.69, 9.17) is 15.7 Å². The number of aromatic nitrogens is 2. The van der Waals surface area contributed by atoms with E-state index >= 15 is 0 Å². The molecule has 0 saturated heterocycles. The molecular weight excluding hydrogens is 228 g/mol. The SMILES string of the molecule is Cc1cc(C#N)nc(Oc2ccc(CN)cc2)n1. The highest BCUT2D eigenvalue weighted by Crippen LogP contribution is 2.18. The molecule has 5 heteroatoms. The van der Waals surface area contributed by atoms with Gasteiger partial charge in [-0.2, -0.15) is 10.2 Å². The van der Waals surface area contributed by atoms with Gasteiger partial charge in [-0.15, -0.1) is 0 Å². The molecule has 0 saturated carbocycles. The average Bonchev–Trinajstić information content (AvgIpc) is 2.39. The van der Waals surface area contributed by atoms with Crippen molar-refractivity contribution in [3.8, 4) is 17.8 Å². The topological polar surface area (TPSA) is 84.8 Å². The predicted octanol–water partition coefficient (Wildman–Crippen LogP) is 1.91. The standard InChI is InChI=1S/C13H12N4O/c1-9-6-11(8-15)17-13(16-9)18-12-4-2-10(7-14)3-5-12/h2-6H,7,14H2,1H3. The minimum absolute atomic E-state index is 0.173. The van der Waals surface area contributed by atoms with Crippen LogP contribution < -0.4 is 10.5 Å². The maximum Gasteiger partial charge on any atom is 0.323 e. The maximum atomic E-state index is 8.81. The third-order valence-corrected chi connectivity index (χ3v) is 2.32. The molecule has 90 valence electrons. The van der Waals surface area contributed by atoms with Crippen molar-refractivity contribution in [2.75, 3.05) is 0 Å². The van der Waals surface area contributed by atoms with E-state index in [0.717, 1.165) is 5.56 Å². The van der Waals surface area contributed by atoms with Crippen LogP contribution in [0, 0.1) is 18.3 Å². The molecule has 5 nitrogen and oxygen atoms in total. The molecule has 0 aliphatic rings. The number of aryl methyl sites for hydroxylation is 1. The van der Waals surface area contributed by atoms with Crippen LogP contribution in [0.1, 0.15) is 17.0 Å². The Balaban J connectivity index is 2.22. The summed E-state index contributed by atoms with van der Waals surface area (Å²) >= 11 is 0. The molecule has 0 atom stereocenters. The average molecular weight is 240 g/mol. The first kappa shape index (κ1) is 12.0. The Labute approximate surface area is 105 Å². The van der Waals surface area contributed by atoms with E-state index in [1.54, 1.807) is 25.1 Å². The molecule has 1 heterocycles. The number of nitriles is 1. The fourth-order valence-electron chi connectivity index (χ4n) is 1.44. The van der Waals surface area contributed by atoms with Crippen molar-refractivity contribution in [1.82, 2.24) is 9.97 Å². The van der Waals surface area contributed by atoms with Crippen molar-refractivity contribution in [3.05, 3.63) is 47.3 Å². The second-order valence-corrected chi connectivity index (χ2v) is 3.74. The lowest BCUT2D eigenvalue weighted by Gasteiger charge is -2.05. The van der Waals surface area contributed by atoms with Crippen LogP contribution in [-0.4, -0.2) is 9.97 Å². The summed E-state index contributed by atoms with van der Waals surface area (Å²) in [4.78, 5) is 8.08. The first-order chi connectivity index (χ1) is 8.71. The Hall–Kier alpha value is -2.45. The van der Waals surface area contributed by atoms with Gasteiger partial charge < -0.3 is 10.5 Å². The molecule has 2 rings (SSSR count). The van der Waals surface area contributed by atoms with Crippen LogP contribution in [0.5, 0.6) is 11.8 Å². The number of rotatable bonds is 3. The molecule has 0 amide bonds. The lowest BCUT2D eigenvalue weighted by atomic mass is 10.2. The van der Waals surface area contributed by atoms with Crippen LogP contribution in [0.15, 0.2) is 30.3 Å². The molecule has 0 fully saturated rings. The molecule has 2 aromatic rings. The first-order valence-electron chi connectivity index (χ1n) is 5.44. The van der Waals surface area contributed by atoms with Gasteiger partial charge in [0.05, 0.1) is 0 Å². The fraction of sp³-hybridized carbons (Fsp3) is 0.154. The van der Waals surface area contributed by atoms with Gasteiger partial charge >= 0.3 is 6.01 Å². The van der Waals surface area contributed by atoms with Gasteiger partial charge in [-0.1, -0.05) is 12.1 Å². The fourth-order valence-corrected chi connectivity index (χ4v) is 1.44. The van der Waals surface area contributed by atoms with Gasteiger partial charge in [-0.25, -0.2) is 4.98 Å². The molecule has 0 bridgehead atoms. The van der Waals surface area contributed by atoms with Gasteiger partial charge in [0.1, 0.15) is 17.5 Å².